The molecule has 0 bridgehead atoms. The lowest BCUT2D eigenvalue weighted by Crippen LogP contribution is -2.12. The van der Waals surface area contributed by atoms with Gasteiger partial charge >= 0.3 is 0 Å². The predicted octanol–water partition coefficient (Wildman–Crippen LogP) is 1.52. The number of hydrogen-bond acceptors (Lipinski definition) is 5. The van der Waals surface area contributed by atoms with Crippen LogP contribution in [0.25, 0.3) is 0 Å². The van der Waals surface area contributed by atoms with Crippen LogP contribution in [0.5, 0.6) is 0 Å². The van der Waals surface area contributed by atoms with Gasteiger partial charge < -0.3 is 5.32 Å². The summed E-state index contributed by atoms with van der Waals surface area (Å²) in [5, 5.41) is 9.33. The fourth-order valence-corrected chi connectivity index (χ4v) is 1.25. The number of rotatable bonds is 3. The van der Waals surface area contributed by atoms with Crippen molar-refractivity contribution in [2.75, 3.05) is 5.32 Å². The molecule has 1 amide bonds. The predicted molar refractivity (Wildman–Crippen MR) is 58.7 cm³/mol. The Morgan fingerprint density at radius 2 is 1.94 bits per heavy atom. The van der Waals surface area contributed by atoms with Crippen LogP contribution in [-0.2, 0) is 0 Å². The zero-order valence-electron chi connectivity index (χ0n) is 9.01. The summed E-state index contributed by atoms with van der Waals surface area (Å²) in [6.45, 7) is 1.48. The molecular formula is C11H9N3O3. The molecule has 1 heterocycles. The zero-order valence-corrected chi connectivity index (χ0v) is 9.01. The smallest absolute Gasteiger partial charge is 0.279 e. The average Bonchev–Trinajstić information content (AvgIpc) is 2.83. The van der Waals surface area contributed by atoms with Crippen molar-refractivity contribution in [3.63, 3.8) is 0 Å². The summed E-state index contributed by atoms with van der Waals surface area (Å²) in [5.74, 6) is -0.439. The van der Waals surface area contributed by atoms with Gasteiger partial charge in [0, 0.05) is 11.3 Å². The van der Waals surface area contributed by atoms with Gasteiger partial charge in [-0.1, -0.05) is 5.16 Å². The number of nitrogens with zero attached hydrogens (tertiary/aromatic N) is 2. The topological polar surface area (TPSA) is 85.1 Å². The number of hydrogen-bond donors (Lipinski definition) is 1. The van der Waals surface area contributed by atoms with Gasteiger partial charge in [0.05, 0.1) is 0 Å². The second kappa shape index (κ2) is 4.56. The van der Waals surface area contributed by atoms with Gasteiger partial charge in [-0.3, -0.25) is 9.59 Å². The zero-order chi connectivity index (χ0) is 12.3. The Labute approximate surface area is 96.6 Å². The standard InChI is InChI=1S/C11H9N3O3/c1-7(15)8-2-4-9(5-3-8)13-11(16)10-6-12-17-14-10/h2-6H,1H3,(H,13,16). The highest BCUT2D eigenvalue weighted by molar-refractivity contribution is 6.02. The fraction of sp³-hybridized carbons (Fsp3) is 0.0909. The van der Waals surface area contributed by atoms with Crippen molar-refractivity contribution in [1.29, 1.82) is 0 Å². The number of aromatic nitrogens is 2. The lowest BCUT2D eigenvalue weighted by atomic mass is 10.1. The first-order chi connectivity index (χ1) is 8.16. The highest BCUT2D eigenvalue weighted by atomic mass is 16.6. The van der Waals surface area contributed by atoms with E-state index in [0.29, 0.717) is 11.3 Å². The summed E-state index contributed by atoms with van der Waals surface area (Å²) < 4.78 is 4.32. The summed E-state index contributed by atoms with van der Waals surface area (Å²) in [6.07, 6.45) is 1.22. The normalized spacial score (nSPS) is 9.94. The van der Waals surface area contributed by atoms with Gasteiger partial charge in [0.25, 0.3) is 5.91 Å². The molecule has 0 saturated heterocycles. The van der Waals surface area contributed by atoms with E-state index in [1.54, 1.807) is 24.3 Å². The van der Waals surface area contributed by atoms with Crippen LogP contribution >= 0.6 is 0 Å². The van der Waals surface area contributed by atoms with E-state index < -0.39 is 5.91 Å². The Morgan fingerprint density at radius 1 is 1.24 bits per heavy atom. The third-order valence-corrected chi connectivity index (χ3v) is 2.14. The Morgan fingerprint density at radius 3 is 2.47 bits per heavy atom. The van der Waals surface area contributed by atoms with Crippen LogP contribution in [0.15, 0.2) is 35.1 Å². The van der Waals surface area contributed by atoms with Crippen molar-refractivity contribution in [1.82, 2.24) is 10.3 Å². The fourth-order valence-electron chi connectivity index (χ4n) is 1.25. The first-order valence-corrected chi connectivity index (χ1v) is 4.87. The van der Waals surface area contributed by atoms with Gasteiger partial charge in [-0.2, -0.15) is 0 Å². The highest BCUT2D eigenvalue weighted by Gasteiger charge is 2.10. The van der Waals surface area contributed by atoms with Crippen LogP contribution in [0.3, 0.4) is 0 Å². The molecule has 1 aromatic heterocycles. The molecule has 0 spiro atoms. The van der Waals surface area contributed by atoms with Crippen LogP contribution in [0.1, 0.15) is 27.8 Å². The van der Waals surface area contributed by atoms with Gasteiger partial charge in [0.15, 0.2) is 11.5 Å². The Kier molecular flexibility index (Phi) is 2.95. The maximum Gasteiger partial charge on any atom is 0.279 e. The van der Waals surface area contributed by atoms with E-state index in [4.69, 9.17) is 0 Å². The van der Waals surface area contributed by atoms with E-state index in [0.717, 1.165) is 0 Å². The average molecular weight is 231 g/mol. The number of carbonyl (C=O) groups excluding carboxylic acids is 2. The molecule has 86 valence electrons. The van der Waals surface area contributed by atoms with E-state index in [1.165, 1.54) is 13.1 Å². The number of benzene rings is 1. The Balaban J connectivity index is 2.09. The van der Waals surface area contributed by atoms with Crippen LogP contribution in [0.4, 0.5) is 5.69 Å². The van der Waals surface area contributed by atoms with Gasteiger partial charge in [0.2, 0.25) is 0 Å². The van der Waals surface area contributed by atoms with Crippen LogP contribution < -0.4 is 5.32 Å². The number of anilines is 1. The number of amides is 1. The van der Waals surface area contributed by atoms with Crippen LogP contribution in [-0.4, -0.2) is 22.0 Å². The lowest BCUT2D eigenvalue weighted by Gasteiger charge is -2.02. The van der Waals surface area contributed by atoms with Crippen molar-refractivity contribution in [3.8, 4) is 0 Å². The molecule has 6 heteroatoms. The molecule has 0 aliphatic heterocycles. The van der Waals surface area contributed by atoms with Crippen molar-refractivity contribution >= 4 is 17.4 Å². The maximum absolute atomic E-state index is 11.6. The number of Topliss-reactive ketones (excluding diaryl/α,β-unsaturated/α-hetero) is 1. The third-order valence-electron chi connectivity index (χ3n) is 2.14. The SMILES string of the molecule is CC(=O)c1ccc(NC(=O)c2cnon2)cc1. The number of ketones is 1. The first kappa shape index (κ1) is 11.0. The third kappa shape index (κ3) is 2.54. The quantitative estimate of drug-likeness (QED) is 0.809. The molecule has 17 heavy (non-hydrogen) atoms. The Bertz CT molecular complexity index is 532. The minimum Gasteiger partial charge on any atom is -0.320 e. The molecule has 0 fully saturated rings. The molecule has 1 N–H and O–H groups in total. The summed E-state index contributed by atoms with van der Waals surface area (Å²) in [6, 6.07) is 6.56. The number of nitrogens with one attached hydrogen (secondary N) is 1. The second-order valence-electron chi connectivity index (χ2n) is 3.38. The summed E-state index contributed by atoms with van der Waals surface area (Å²) >= 11 is 0. The molecule has 0 saturated carbocycles. The molecule has 0 atom stereocenters. The van der Waals surface area contributed by atoms with E-state index in [9.17, 15) is 9.59 Å². The van der Waals surface area contributed by atoms with Crippen molar-refractivity contribution < 1.29 is 14.2 Å². The van der Waals surface area contributed by atoms with Gasteiger partial charge in [-0.15, -0.1) is 0 Å². The maximum atomic E-state index is 11.6. The van der Waals surface area contributed by atoms with Crippen molar-refractivity contribution in [3.05, 3.63) is 41.7 Å². The molecule has 2 rings (SSSR count). The van der Waals surface area contributed by atoms with E-state index in [-0.39, 0.29) is 11.5 Å². The lowest BCUT2D eigenvalue weighted by molar-refractivity contribution is 0.101. The second-order valence-corrected chi connectivity index (χ2v) is 3.38. The van der Waals surface area contributed by atoms with E-state index in [2.05, 4.69) is 20.3 Å². The summed E-state index contributed by atoms with van der Waals surface area (Å²) in [4.78, 5) is 22.6. The largest absolute Gasteiger partial charge is 0.320 e. The van der Waals surface area contributed by atoms with Gasteiger partial charge in [-0.25, -0.2) is 4.63 Å². The van der Waals surface area contributed by atoms with Gasteiger partial charge in [0.1, 0.15) is 6.20 Å². The minimum atomic E-state index is -0.415. The van der Waals surface area contributed by atoms with E-state index in [1.807, 2.05) is 0 Å². The van der Waals surface area contributed by atoms with Crippen molar-refractivity contribution in [2.24, 2.45) is 0 Å². The van der Waals surface area contributed by atoms with Crippen LogP contribution in [0, 0.1) is 0 Å². The molecular weight excluding hydrogens is 222 g/mol. The molecule has 6 nitrogen and oxygen atoms in total. The molecule has 0 unspecified atom stereocenters. The highest BCUT2D eigenvalue weighted by Crippen LogP contribution is 2.11. The first-order valence-electron chi connectivity index (χ1n) is 4.87. The molecule has 0 aliphatic carbocycles. The number of carbonyl (C=O) groups is 2. The molecule has 0 aliphatic rings. The summed E-state index contributed by atoms with van der Waals surface area (Å²) in [5.41, 5.74) is 1.26. The van der Waals surface area contributed by atoms with Crippen molar-refractivity contribution in [2.45, 2.75) is 6.92 Å². The monoisotopic (exact) mass is 231 g/mol. The summed E-state index contributed by atoms with van der Waals surface area (Å²) in [7, 11) is 0. The van der Waals surface area contributed by atoms with Gasteiger partial charge in [-0.05, 0) is 36.3 Å². The Hall–Kier alpha value is -2.50. The molecule has 0 radical (unpaired) electrons. The molecule has 1 aromatic carbocycles. The molecule has 2 aromatic rings. The minimum absolute atomic E-state index is 0.0245. The van der Waals surface area contributed by atoms with Crippen LogP contribution in [0.2, 0.25) is 0 Å². The van der Waals surface area contributed by atoms with E-state index >= 15 is 0 Å².